The van der Waals surface area contributed by atoms with E-state index in [1.807, 2.05) is 20.8 Å². The molecule has 0 heterocycles. The summed E-state index contributed by atoms with van der Waals surface area (Å²) in [5.74, 6) is 0.616. The third-order valence-corrected chi connectivity index (χ3v) is 1.68. The molecule has 0 aromatic heterocycles. The molecule has 0 fully saturated rings. The smallest absolute Gasteiger partial charge is 0.308 e. The van der Waals surface area contributed by atoms with Crippen molar-refractivity contribution in [3.8, 4) is 0 Å². The van der Waals surface area contributed by atoms with Crippen molar-refractivity contribution in [3.63, 3.8) is 0 Å². The van der Waals surface area contributed by atoms with Crippen LogP contribution in [0.4, 0.5) is 0 Å². The van der Waals surface area contributed by atoms with E-state index in [0.717, 1.165) is 0 Å². The van der Waals surface area contributed by atoms with E-state index >= 15 is 0 Å². The number of rotatable bonds is 5. The number of hydrogen-bond donors (Lipinski definition) is 2. The lowest BCUT2D eigenvalue weighted by atomic mass is 10.2. The van der Waals surface area contributed by atoms with E-state index in [1.165, 1.54) is 0 Å². The summed E-state index contributed by atoms with van der Waals surface area (Å²) < 4.78 is 5.16. The average Bonchev–Trinajstić information content (AvgIpc) is 2.11. The second kappa shape index (κ2) is 7.14. The van der Waals surface area contributed by atoms with Gasteiger partial charge < -0.3 is 15.8 Å². The van der Waals surface area contributed by atoms with Crippen LogP contribution in [0, 0.1) is 5.92 Å². The van der Waals surface area contributed by atoms with Gasteiger partial charge in [0.2, 0.25) is 0 Å². The molecule has 100 valence electrons. The molecule has 0 radical (unpaired) electrons. The van der Waals surface area contributed by atoms with Gasteiger partial charge in [-0.2, -0.15) is 0 Å². The van der Waals surface area contributed by atoms with Crippen LogP contribution in [0.2, 0.25) is 0 Å². The highest BCUT2D eigenvalue weighted by Gasteiger charge is 2.15. The highest BCUT2D eigenvalue weighted by Crippen LogP contribution is 2.07. The maximum atomic E-state index is 11.4. The zero-order valence-electron chi connectivity index (χ0n) is 11.5. The van der Waals surface area contributed by atoms with Crippen molar-refractivity contribution in [1.82, 2.24) is 5.32 Å². The predicted octanol–water partition coefficient (Wildman–Crippen LogP) is 1.28. The average molecular weight is 243 g/mol. The molecule has 17 heavy (non-hydrogen) atoms. The molecular formula is C12H25N3O2. The lowest BCUT2D eigenvalue weighted by molar-refractivity contribution is -0.154. The summed E-state index contributed by atoms with van der Waals surface area (Å²) in [4.78, 5) is 15.5. The Labute approximate surface area is 104 Å². The summed E-state index contributed by atoms with van der Waals surface area (Å²) in [6.07, 6.45) is 0.287. The molecule has 0 atom stereocenters. The summed E-state index contributed by atoms with van der Waals surface area (Å²) in [5.41, 5.74) is 5.19. The van der Waals surface area contributed by atoms with Gasteiger partial charge in [0.25, 0.3) is 0 Å². The Bertz CT molecular complexity index is 267. The number of hydrogen-bond acceptors (Lipinski definition) is 3. The zero-order chi connectivity index (χ0) is 13.5. The molecule has 0 saturated carbocycles. The van der Waals surface area contributed by atoms with E-state index in [4.69, 9.17) is 10.5 Å². The quantitative estimate of drug-likeness (QED) is 0.433. The van der Waals surface area contributed by atoms with Crippen LogP contribution in [0.1, 0.15) is 41.0 Å². The van der Waals surface area contributed by atoms with Crippen molar-refractivity contribution >= 4 is 11.9 Å². The standard InChI is InChI=1S/C12H25N3O2/c1-9(2)8-15-11(13)14-7-6-10(16)17-12(3,4)5/h9H,6-8H2,1-5H3,(H3,13,14,15). The molecule has 5 heteroatoms. The van der Waals surface area contributed by atoms with Crippen LogP contribution in [-0.2, 0) is 9.53 Å². The lowest BCUT2D eigenvalue weighted by Gasteiger charge is -2.19. The number of nitrogens with two attached hydrogens (primary N) is 1. The molecule has 3 N–H and O–H groups in total. The Morgan fingerprint density at radius 1 is 1.41 bits per heavy atom. The normalized spacial score (nSPS) is 12.7. The van der Waals surface area contributed by atoms with Crippen LogP contribution in [0.15, 0.2) is 4.99 Å². The first kappa shape index (κ1) is 15.7. The van der Waals surface area contributed by atoms with Gasteiger partial charge in [0.05, 0.1) is 6.42 Å². The molecule has 0 aliphatic carbocycles. The van der Waals surface area contributed by atoms with E-state index in [0.29, 0.717) is 25.0 Å². The Hall–Kier alpha value is -1.26. The van der Waals surface area contributed by atoms with Crippen LogP contribution in [0.25, 0.3) is 0 Å². The highest BCUT2D eigenvalue weighted by molar-refractivity contribution is 5.78. The van der Waals surface area contributed by atoms with Gasteiger partial charge in [0.1, 0.15) is 5.60 Å². The molecule has 0 aliphatic heterocycles. The van der Waals surface area contributed by atoms with Crippen LogP contribution in [0.3, 0.4) is 0 Å². The molecule has 5 nitrogen and oxygen atoms in total. The monoisotopic (exact) mass is 243 g/mol. The third-order valence-electron chi connectivity index (χ3n) is 1.68. The van der Waals surface area contributed by atoms with Crippen molar-refractivity contribution in [2.45, 2.75) is 46.6 Å². The van der Waals surface area contributed by atoms with Gasteiger partial charge in [0, 0.05) is 13.1 Å². The van der Waals surface area contributed by atoms with E-state index in [9.17, 15) is 4.79 Å². The first-order chi connectivity index (χ1) is 7.70. The lowest BCUT2D eigenvalue weighted by Crippen LogP contribution is -2.34. The minimum absolute atomic E-state index is 0.235. The van der Waals surface area contributed by atoms with Crippen molar-refractivity contribution in [3.05, 3.63) is 0 Å². The van der Waals surface area contributed by atoms with E-state index in [1.54, 1.807) is 0 Å². The summed E-state index contributed by atoms with van der Waals surface area (Å²) in [7, 11) is 0. The van der Waals surface area contributed by atoms with Crippen LogP contribution < -0.4 is 11.1 Å². The molecule has 0 aromatic rings. The number of guanidine groups is 1. The first-order valence-electron chi connectivity index (χ1n) is 5.96. The fourth-order valence-electron chi connectivity index (χ4n) is 1.02. The van der Waals surface area contributed by atoms with Gasteiger partial charge in [-0.15, -0.1) is 0 Å². The first-order valence-corrected chi connectivity index (χ1v) is 5.96. The molecule has 0 rings (SSSR count). The van der Waals surface area contributed by atoms with Gasteiger partial charge in [-0.05, 0) is 26.7 Å². The van der Waals surface area contributed by atoms with Crippen LogP contribution in [0.5, 0.6) is 0 Å². The zero-order valence-corrected chi connectivity index (χ0v) is 11.5. The minimum atomic E-state index is -0.436. The SMILES string of the molecule is CC(C)CN=C(N)NCCC(=O)OC(C)(C)C. The summed E-state index contributed by atoms with van der Waals surface area (Å²) in [6.45, 7) is 10.8. The Morgan fingerprint density at radius 3 is 2.47 bits per heavy atom. The number of nitrogens with zero attached hydrogens (tertiary/aromatic N) is 1. The fraction of sp³-hybridized carbons (Fsp3) is 0.833. The van der Waals surface area contributed by atoms with Gasteiger partial charge in [-0.3, -0.25) is 9.79 Å². The fourth-order valence-corrected chi connectivity index (χ4v) is 1.02. The second-order valence-corrected chi connectivity index (χ2v) is 5.38. The van der Waals surface area contributed by atoms with Crippen molar-refractivity contribution in [2.75, 3.05) is 13.1 Å². The topological polar surface area (TPSA) is 76.7 Å². The molecule has 0 aromatic carbocycles. The van der Waals surface area contributed by atoms with Gasteiger partial charge in [-0.1, -0.05) is 13.8 Å². The summed E-state index contributed by atoms with van der Waals surface area (Å²) >= 11 is 0. The molecule has 0 bridgehead atoms. The summed E-state index contributed by atoms with van der Waals surface area (Å²) in [5, 5.41) is 2.88. The van der Waals surface area contributed by atoms with E-state index < -0.39 is 5.60 Å². The highest BCUT2D eigenvalue weighted by atomic mass is 16.6. The molecule has 0 spiro atoms. The second-order valence-electron chi connectivity index (χ2n) is 5.38. The summed E-state index contributed by atoms with van der Waals surface area (Å²) in [6, 6.07) is 0. The Balaban J connectivity index is 3.77. The minimum Gasteiger partial charge on any atom is -0.460 e. The Morgan fingerprint density at radius 2 is 2.00 bits per heavy atom. The number of nitrogens with one attached hydrogen (secondary N) is 1. The number of ether oxygens (including phenoxy) is 1. The molecule has 0 unspecified atom stereocenters. The predicted molar refractivity (Wildman–Crippen MR) is 69.8 cm³/mol. The largest absolute Gasteiger partial charge is 0.460 e. The van der Waals surface area contributed by atoms with Gasteiger partial charge in [-0.25, -0.2) is 0 Å². The molecule has 0 amide bonds. The molecule has 0 saturated heterocycles. The Kier molecular flexibility index (Phi) is 6.61. The van der Waals surface area contributed by atoms with Gasteiger partial charge in [0.15, 0.2) is 5.96 Å². The number of carbonyl (C=O) groups excluding carboxylic acids is 1. The van der Waals surface area contributed by atoms with Gasteiger partial charge >= 0.3 is 5.97 Å². The maximum absolute atomic E-state index is 11.4. The number of esters is 1. The molecular weight excluding hydrogens is 218 g/mol. The third kappa shape index (κ3) is 11.0. The van der Waals surface area contributed by atoms with Crippen LogP contribution >= 0.6 is 0 Å². The van der Waals surface area contributed by atoms with E-state index in [2.05, 4.69) is 24.2 Å². The van der Waals surface area contributed by atoms with Crippen molar-refractivity contribution in [1.29, 1.82) is 0 Å². The number of aliphatic imine (C=N–C) groups is 1. The van der Waals surface area contributed by atoms with Crippen LogP contribution in [-0.4, -0.2) is 30.6 Å². The maximum Gasteiger partial charge on any atom is 0.308 e. The van der Waals surface area contributed by atoms with Crippen molar-refractivity contribution in [2.24, 2.45) is 16.6 Å². The van der Waals surface area contributed by atoms with E-state index in [-0.39, 0.29) is 12.4 Å². The molecule has 0 aliphatic rings. The van der Waals surface area contributed by atoms with Crippen molar-refractivity contribution < 1.29 is 9.53 Å². The number of carbonyl (C=O) groups is 1.